The molecule has 0 aliphatic heterocycles. The number of nitrogens with zero attached hydrogens (tertiary/aromatic N) is 1. The molecule has 72 valence electrons. The van der Waals surface area contributed by atoms with Gasteiger partial charge in [-0.1, -0.05) is 41.1 Å². The van der Waals surface area contributed by atoms with Crippen molar-refractivity contribution in [2.75, 3.05) is 14.1 Å². The third-order valence-electron chi connectivity index (χ3n) is 2.48. The van der Waals surface area contributed by atoms with Gasteiger partial charge in [0.05, 0.1) is 0 Å². The normalized spacial score (nSPS) is 16.1. The summed E-state index contributed by atoms with van der Waals surface area (Å²) in [5.41, 5.74) is 1.23. The van der Waals surface area contributed by atoms with Gasteiger partial charge in [0.25, 0.3) is 0 Å². The van der Waals surface area contributed by atoms with Gasteiger partial charge in [0.2, 0.25) is 0 Å². The molecule has 1 rings (SSSR count). The van der Waals surface area contributed by atoms with E-state index in [1.807, 2.05) is 32.0 Å². The lowest BCUT2D eigenvalue weighted by Gasteiger charge is -2.31. The molecule has 0 fully saturated rings. The van der Waals surface area contributed by atoms with Crippen LogP contribution in [0.15, 0.2) is 24.3 Å². The molecule has 0 N–H and O–H groups in total. The second-order valence-corrected chi connectivity index (χ2v) is 5.48. The minimum absolute atomic E-state index is 0.377. The summed E-state index contributed by atoms with van der Waals surface area (Å²) in [4.78, 5) is 1.66. The summed E-state index contributed by atoms with van der Waals surface area (Å²) in [7, 11) is 5.04. The Kier molecular flexibility index (Phi) is 3.17. The molecular weight excluding hydrogens is 198 g/mol. The van der Waals surface area contributed by atoms with Crippen LogP contribution >= 0.6 is 11.6 Å². The maximum atomic E-state index is 6.45. The molecule has 1 aromatic rings. The summed E-state index contributed by atoms with van der Waals surface area (Å²) in [6.45, 7) is 2.03. The molecule has 0 heterocycles. The predicted molar refractivity (Wildman–Crippen MR) is 62.9 cm³/mol. The zero-order chi connectivity index (χ0) is 10.1. The van der Waals surface area contributed by atoms with Crippen LogP contribution in [-0.2, 0) is 5.00 Å². The number of rotatable bonds is 2. The highest BCUT2D eigenvalue weighted by atomic mass is 35.5. The first-order valence-electron chi connectivity index (χ1n) is 4.38. The zero-order valence-corrected chi connectivity index (χ0v) is 11.4. The predicted octanol–water partition coefficient (Wildman–Crippen LogP) is 0.650. The van der Waals surface area contributed by atoms with Crippen molar-refractivity contribution in [3.63, 3.8) is 0 Å². The summed E-state index contributed by atoms with van der Waals surface area (Å²) < 4.78 is 0. The lowest BCUT2D eigenvalue weighted by atomic mass is 10.1. The molecule has 0 spiro atoms. The van der Waals surface area contributed by atoms with Gasteiger partial charge in [0.1, 0.15) is 5.00 Å². The van der Waals surface area contributed by atoms with Crippen molar-refractivity contribution < 1.29 is 0 Å². The molecule has 0 aliphatic rings. The van der Waals surface area contributed by atoms with Crippen LogP contribution in [0.25, 0.3) is 0 Å². The first-order chi connectivity index (χ1) is 5.96. The van der Waals surface area contributed by atoms with Crippen molar-refractivity contribution in [2.45, 2.75) is 11.9 Å². The van der Waals surface area contributed by atoms with Crippen LogP contribution < -0.4 is 5.19 Å². The largest absolute Gasteiger partial charge is 0.288 e. The minimum atomic E-state index is -0.377. The second-order valence-electron chi connectivity index (χ2n) is 3.66. The van der Waals surface area contributed by atoms with Crippen LogP contribution in [0.2, 0.25) is 0 Å². The van der Waals surface area contributed by atoms with E-state index in [0.717, 1.165) is 10.2 Å². The summed E-state index contributed by atoms with van der Waals surface area (Å²) in [5.74, 6) is 0. The Morgan fingerprint density at radius 3 is 2.31 bits per heavy atom. The van der Waals surface area contributed by atoms with E-state index in [0.29, 0.717) is 0 Å². The Morgan fingerprint density at radius 1 is 1.31 bits per heavy atom. The third kappa shape index (κ3) is 2.13. The molecule has 13 heavy (non-hydrogen) atoms. The Morgan fingerprint density at radius 2 is 1.85 bits per heavy atom. The molecule has 0 aliphatic carbocycles. The molecule has 0 aromatic heterocycles. The fraction of sp³-hybridized carbons (Fsp3) is 0.400. The first kappa shape index (κ1) is 10.8. The van der Waals surface area contributed by atoms with Crippen molar-refractivity contribution in [3.8, 4) is 0 Å². The SMILES string of the molecule is CN(C)C(C)(Cl)c1ccccc1[SiH3]. The summed E-state index contributed by atoms with van der Waals surface area (Å²) >= 11 is 6.45. The average Bonchev–Trinajstić information content (AvgIpc) is 2.04. The van der Waals surface area contributed by atoms with E-state index in [-0.39, 0.29) is 5.00 Å². The van der Waals surface area contributed by atoms with Crippen molar-refractivity contribution in [2.24, 2.45) is 0 Å². The second kappa shape index (κ2) is 3.82. The number of hydrogen-bond acceptors (Lipinski definition) is 1. The van der Waals surface area contributed by atoms with Crippen molar-refractivity contribution in [1.82, 2.24) is 4.90 Å². The van der Waals surface area contributed by atoms with Crippen LogP contribution in [0.4, 0.5) is 0 Å². The van der Waals surface area contributed by atoms with Crippen molar-refractivity contribution in [1.29, 1.82) is 0 Å². The van der Waals surface area contributed by atoms with Gasteiger partial charge < -0.3 is 0 Å². The summed E-state index contributed by atoms with van der Waals surface area (Å²) in [6.07, 6.45) is 0. The Balaban J connectivity index is 3.14. The van der Waals surface area contributed by atoms with E-state index in [2.05, 4.69) is 18.2 Å². The molecule has 1 atom stereocenters. The van der Waals surface area contributed by atoms with Crippen LogP contribution in [-0.4, -0.2) is 29.2 Å². The Hall–Kier alpha value is -0.313. The molecule has 3 heteroatoms. The molecule has 0 saturated heterocycles. The van der Waals surface area contributed by atoms with Gasteiger partial charge in [0.15, 0.2) is 0 Å². The topological polar surface area (TPSA) is 3.24 Å². The maximum absolute atomic E-state index is 6.45. The van der Waals surface area contributed by atoms with Gasteiger partial charge in [-0.05, 0) is 26.6 Å². The van der Waals surface area contributed by atoms with Crippen LogP contribution in [0.1, 0.15) is 12.5 Å². The molecule has 0 amide bonds. The van der Waals surface area contributed by atoms with E-state index in [9.17, 15) is 0 Å². The number of halogens is 1. The van der Waals surface area contributed by atoms with Gasteiger partial charge in [-0.15, -0.1) is 0 Å². The van der Waals surface area contributed by atoms with E-state index in [4.69, 9.17) is 11.6 Å². The van der Waals surface area contributed by atoms with Gasteiger partial charge >= 0.3 is 0 Å². The van der Waals surface area contributed by atoms with E-state index in [1.54, 1.807) is 0 Å². The standard InChI is InChI=1S/C10H16ClNSi/c1-10(11,12(2)3)8-6-4-5-7-9(8)13/h4-7H,1-3,13H3. The Labute approximate surface area is 88.1 Å². The molecule has 0 saturated carbocycles. The van der Waals surface area contributed by atoms with Crippen molar-refractivity contribution in [3.05, 3.63) is 29.8 Å². The lowest BCUT2D eigenvalue weighted by Crippen LogP contribution is -2.37. The van der Waals surface area contributed by atoms with Crippen LogP contribution in [0.3, 0.4) is 0 Å². The lowest BCUT2D eigenvalue weighted by molar-refractivity contribution is 0.275. The molecule has 1 nitrogen and oxygen atoms in total. The highest BCUT2D eigenvalue weighted by Crippen LogP contribution is 2.28. The quantitative estimate of drug-likeness (QED) is 0.396. The fourth-order valence-electron chi connectivity index (χ4n) is 1.33. The van der Waals surface area contributed by atoms with Crippen LogP contribution in [0.5, 0.6) is 0 Å². The number of alkyl halides is 1. The highest BCUT2D eigenvalue weighted by molar-refractivity contribution is 6.35. The zero-order valence-electron chi connectivity index (χ0n) is 8.63. The maximum Gasteiger partial charge on any atom is 0.118 e. The van der Waals surface area contributed by atoms with E-state index >= 15 is 0 Å². The molecule has 1 unspecified atom stereocenters. The molecule has 1 aromatic carbocycles. The van der Waals surface area contributed by atoms with Gasteiger partial charge in [-0.3, -0.25) is 4.90 Å². The van der Waals surface area contributed by atoms with E-state index < -0.39 is 0 Å². The monoisotopic (exact) mass is 213 g/mol. The fourth-order valence-corrected chi connectivity index (χ4v) is 2.54. The van der Waals surface area contributed by atoms with Gasteiger partial charge in [-0.25, -0.2) is 0 Å². The number of benzene rings is 1. The van der Waals surface area contributed by atoms with Crippen molar-refractivity contribution >= 4 is 27.0 Å². The summed E-state index contributed by atoms with van der Waals surface area (Å²) in [6, 6.07) is 8.36. The van der Waals surface area contributed by atoms with Crippen LogP contribution in [0, 0.1) is 0 Å². The Bertz CT molecular complexity index is 297. The van der Waals surface area contributed by atoms with Gasteiger partial charge in [-0.2, -0.15) is 0 Å². The minimum Gasteiger partial charge on any atom is -0.288 e. The molecular formula is C10H16ClNSi. The molecule has 0 bridgehead atoms. The smallest absolute Gasteiger partial charge is 0.118 e. The highest BCUT2D eigenvalue weighted by Gasteiger charge is 2.26. The average molecular weight is 214 g/mol. The van der Waals surface area contributed by atoms with Gasteiger partial charge in [0, 0.05) is 10.2 Å². The molecule has 0 radical (unpaired) electrons. The number of hydrogen-bond donors (Lipinski definition) is 0. The third-order valence-corrected chi connectivity index (χ3v) is 3.89. The summed E-state index contributed by atoms with van der Waals surface area (Å²) in [5, 5.41) is 1.37. The first-order valence-corrected chi connectivity index (χ1v) is 5.76. The van der Waals surface area contributed by atoms with E-state index in [1.165, 1.54) is 10.8 Å².